The topological polar surface area (TPSA) is 46.5 Å². The lowest BCUT2D eigenvalue weighted by atomic mass is 9.79. The molecule has 1 fully saturated rings. The molecular formula is C14H22O3. The van der Waals surface area contributed by atoms with Gasteiger partial charge in [0.15, 0.2) is 0 Å². The second-order valence-electron chi connectivity index (χ2n) is 6.16. The summed E-state index contributed by atoms with van der Waals surface area (Å²) in [6.45, 7) is 6.56. The molecule has 96 valence electrons. The molecule has 0 saturated heterocycles. The van der Waals surface area contributed by atoms with Crippen molar-refractivity contribution < 1.29 is 14.6 Å². The van der Waals surface area contributed by atoms with Crippen molar-refractivity contribution in [1.29, 1.82) is 0 Å². The van der Waals surface area contributed by atoms with Crippen LogP contribution in [0, 0.1) is 11.3 Å². The van der Waals surface area contributed by atoms with Crippen LogP contribution in [0.4, 0.5) is 0 Å². The van der Waals surface area contributed by atoms with E-state index >= 15 is 0 Å². The Kier molecular flexibility index (Phi) is 3.06. The number of hydrogen-bond acceptors (Lipinski definition) is 3. The third kappa shape index (κ3) is 2.39. The van der Waals surface area contributed by atoms with Gasteiger partial charge in [0.25, 0.3) is 0 Å². The number of rotatable bonds is 2. The fourth-order valence-corrected chi connectivity index (χ4v) is 3.44. The zero-order valence-corrected chi connectivity index (χ0v) is 11.0. The lowest BCUT2D eigenvalue weighted by Gasteiger charge is -2.32. The third-order valence-electron chi connectivity index (χ3n) is 3.99. The van der Waals surface area contributed by atoms with Crippen LogP contribution in [0.25, 0.3) is 0 Å². The number of carbonyl (C=O) groups excluding carboxylic acids is 1. The molecule has 3 heteroatoms. The first-order chi connectivity index (χ1) is 7.86. The molecule has 1 saturated carbocycles. The molecule has 0 unspecified atom stereocenters. The number of carbonyl (C=O) groups is 1. The van der Waals surface area contributed by atoms with E-state index in [2.05, 4.69) is 13.8 Å². The largest absolute Gasteiger partial charge is 0.463 e. The van der Waals surface area contributed by atoms with Crippen LogP contribution in [0.5, 0.6) is 0 Å². The second kappa shape index (κ2) is 4.13. The van der Waals surface area contributed by atoms with E-state index in [0.29, 0.717) is 18.1 Å². The van der Waals surface area contributed by atoms with Gasteiger partial charge in [0.1, 0.15) is 0 Å². The highest BCUT2D eigenvalue weighted by Gasteiger charge is 2.50. The van der Waals surface area contributed by atoms with Crippen molar-refractivity contribution in [2.24, 2.45) is 11.3 Å². The predicted molar refractivity (Wildman–Crippen MR) is 65.4 cm³/mol. The Hall–Kier alpha value is -0.830. The van der Waals surface area contributed by atoms with Crippen LogP contribution in [0.3, 0.4) is 0 Å². The Bertz CT molecular complexity index is 356. The molecule has 0 aromatic heterocycles. The molecule has 0 spiro atoms. The first-order valence-electron chi connectivity index (χ1n) is 6.47. The summed E-state index contributed by atoms with van der Waals surface area (Å²) >= 11 is 0. The highest BCUT2D eigenvalue weighted by molar-refractivity contribution is 5.88. The van der Waals surface area contributed by atoms with E-state index in [9.17, 15) is 9.90 Å². The van der Waals surface area contributed by atoms with Crippen LogP contribution in [0.1, 0.15) is 46.5 Å². The molecule has 0 aromatic carbocycles. The second-order valence-corrected chi connectivity index (χ2v) is 6.16. The van der Waals surface area contributed by atoms with Crippen molar-refractivity contribution in [3.8, 4) is 0 Å². The first-order valence-corrected chi connectivity index (χ1v) is 6.47. The van der Waals surface area contributed by atoms with Gasteiger partial charge < -0.3 is 9.84 Å². The van der Waals surface area contributed by atoms with Crippen molar-refractivity contribution in [3.05, 3.63) is 11.6 Å². The third-order valence-corrected chi connectivity index (χ3v) is 3.99. The predicted octanol–water partition coefficient (Wildman–Crippen LogP) is 2.44. The van der Waals surface area contributed by atoms with E-state index < -0.39 is 5.60 Å². The summed E-state index contributed by atoms with van der Waals surface area (Å²) in [4.78, 5) is 11.7. The molecule has 0 amide bonds. The standard InChI is InChI=1S/C14H22O3/c1-4-17-12(15)10-5-6-11-8-13(2,3)9-14(11,16)7-10/h7,11,16H,4-6,8-9H2,1-3H3/t11-,14+/m0/s1. The quantitative estimate of drug-likeness (QED) is 0.752. The Balaban J connectivity index is 2.20. The van der Waals surface area contributed by atoms with Gasteiger partial charge in [-0.15, -0.1) is 0 Å². The van der Waals surface area contributed by atoms with E-state index in [1.54, 1.807) is 13.0 Å². The molecule has 3 nitrogen and oxygen atoms in total. The minimum Gasteiger partial charge on any atom is -0.463 e. The lowest BCUT2D eigenvalue weighted by molar-refractivity contribution is -0.139. The summed E-state index contributed by atoms with van der Waals surface area (Å²) in [6.07, 6.45) is 5.18. The van der Waals surface area contributed by atoms with Crippen LogP contribution in [0.15, 0.2) is 11.6 Å². The Morgan fingerprint density at radius 1 is 1.59 bits per heavy atom. The van der Waals surface area contributed by atoms with Gasteiger partial charge in [-0.25, -0.2) is 4.79 Å². The van der Waals surface area contributed by atoms with Gasteiger partial charge in [0.2, 0.25) is 0 Å². The van der Waals surface area contributed by atoms with Gasteiger partial charge in [0.05, 0.1) is 12.2 Å². The summed E-state index contributed by atoms with van der Waals surface area (Å²) in [5, 5.41) is 10.7. The van der Waals surface area contributed by atoms with Crippen LogP contribution in [-0.4, -0.2) is 23.3 Å². The van der Waals surface area contributed by atoms with Crippen LogP contribution < -0.4 is 0 Å². The molecule has 0 aliphatic heterocycles. The average molecular weight is 238 g/mol. The lowest BCUT2D eigenvalue weighted by Crippen LogP contribution is -2.35. The zero-order chi connectivity index (χ0) is 12.7. The number of hydrogen-bond donors (Lipinski definition) is 1. The summed E-state index contributed by atoms with van der Waals surface area (Å²) in [5.74, 6) is 0.0414. The van der Waals surface area contributed by atoms with Gasteiger partial charge in [-0.2, -0.15) is 0 Å². The fraction of sp³-hybridized carbons (Fsp3) is 0.786. The highest BCUT2D eigenvalue weighted by atomic mass is 16.5. The van der Waals surface area contributed by atoms with Crippen molar-refractivity contribution in [2.75, 3.05) is 6.61 Å². The van der Waals surface area contributed by atoms with Crippen molar-refractivity contribution >= 4 is 5.97 Å². The van der Waals surface area contributed by atoms with Crippen molar-refractivity contribution in [1.82, 2.24) is 0 Å². The normalized spacial score (nSPS) is 35.1. The maximum absolute atomic E-state index is 11.7. The Labute approximate surface area is 103 Å². The SMILES string of the molecule is CCOC(=O)C1=C[C@@]2(O)CC(C)(C)C[C@@H]2CC1. The molecule has 17 heavy (non-hydrogen) atoms. The van der Waals surface area contributed by atoms with E-state index in [0.717, 1.165) is 25.7 Å². The van der Waals surface area contributed by atoms with Gasteiger partial charge in [-0.3, -0.25) is 0 Å². The maximum atomic E-state index is 11.7. The zero-order valence-electron chi connectivity index (χ0n) is 11.0. The minimum absolute atomic E-state index is 0.167. The monoisotopic (exact) mass is 238 g/mol. The molecule has 2 rings (SSSR count). The number of fused-ring (bicyclic) bond motifs is 1. The molecule has 2 aliphatic rings. The van der Waals surface area contributed by atoms with E-state index in [-0.39, 0.29) is 11.4 Å². The minimum atomic E-state index is -0.788. The first kappa shape index (κ1) is 12.6. The molecule has 0 aromatic rings. The van der Waals surface area contributed by atoms with Crippen LogP contribution >= 0.6 is 0 Å². The smallest absolute Gasteiger partial charge is 0.333 e. The van der Waals surface area contributed by atoms with Crippen LogP contribution in [0.2, 0.25) is 0 Å². The fourth-order valence-electron chi connectivity index (χ4n) is 3.44. The Morgan fingerprint density at radius 2 is 2.29 bits per heavy atom. The molecule has 0 heterocycles. The summed E-state index contributed by atoms with van der Waals surface area (Å²) in [6, 6.07) is 0. The molecule has 2 aliphatic carbocycles. The highest BCUT2D eigenvalue weighted by Crippen LogP contribution is 2.52. The van der Waals surface area contributed by atoms with Crippen molar-refractivity contribution in [3.63, 3.8) is 0 Å². The molecule has 0 bridgehead atoms. The number of aliphatic hydroxyl groups is 1. The summed E-state index contributed by atoms with van der Waals surface area (Å²) in [7, 11) is 0. The van der Waals surface area contributed by atoms with Gasteiger partial charge in [0, 0.05) is 5.57 Å². The van der Waals surface area contributed by atoms with Gasteiger partial charge in [-0.1, -0.05) is 13.8 Å². The van der Waals surface area contributed by atoms with Crippen molar-refractivity contribution in [2.45, 2.75) is 52.1 Å². The number of ether oxygens (including phenoxy) is 1. The summed E-state index contributed by atoms with van der Waals surface area (Å²) < 4.78 is 5.01. The maximum Gasteiger partial charge on any atom is 0.333 e. The number of esters is 1. The molecule has 0 radical (unpaired) electrons. The van der Waals surface area contributed by atoms with E-state index in [1.165, 1.54) is 0 Å². The average Bonchev–Trinajstić information content (AvgIpc) is 2.45. The van der Waals surface area contributed by atoms with Gasteiger partial charge >= 0.3 is 5.97 Å². The summed E-state index contributed by atoms with van der Waals surface area (Å²) in [5.41, 5.74) is 0.0347. The van der Waals surface area contributed by atoms with E-state index in [4.69, 9.17) is 4.74 Å². The molecular weight excluding hydrogens is 216 g/mol. The van der Waals surface area contributed by atoms with E-state index in [1.807, 2.05) is 0 Å². The Morgan fingerprint density at radius 3 is 2.94 bits per heavy atom. The molecule has 1 N–H and O–H groups in total. The van der Waals surface area contributed by atoms with Gasteiger partial charge in [-0.05, 0) is 50.0 Å². The van der Waals surface area contributed by atoms with Crippen LogP contribution in [-0.2, 0) is 9.53 Å². The molecule has 2 atom stereocenters.